The first-order valence-electron chi connectivity index (χ1n) is 7.29. The Hall–Kier alpha value is -2.35. The normalized spacial score (nSPS) is 11.4. The largest absolute Gasteiger partial charge is 0.434 e. The van der Waals surface area contributed by atoms with Gasteiger partial charge in [-0.25, -0.2) is 0 Å². The molecule has 1 N–H and O–H groups in total. The maximum atomic E-state index is 12.3. The molecule has 1 aromatic heterocycles. The zero-order valence-corrected chi connectivity index (χ0v) is 14.0. The van der Waals surface area contributed by atoms with E-state index in [0.717, 1.165) is 11.4 Å². The number of carbonyl (C=O) groups excluding carboxylic acids is 1. The van der Waals surface area contributed by atoms with Gasteiger partial charge in [0.25, 0.3) is 0 Å². The van der Waals surface area contributed by atoms with Crippen LogP contribution >= 0.6 is 11.3 Å². The molecule has 0 saturated carbocycles. The standard InChI is InChI=1S/C16H17F2N3O2S/c1-10(2)9-14-20-21-16(24-14)19-13(22)8-7-11-5-3-4-6-12(11)23-15(17)18/h3-8,10,15H,9H2,1-2H3,(H,19,21,22)/b8-7+. The van der Waals surface area contributed by atoms with Gasteiger partial charge in [0.2, 0.25) is 11.0 Å². The molecule has 0 radical (unpaired) electrons. The quantitative estimate of drug-likeness (QED) is 0.765. The van der Waals surface area contributed by atoms with Crippen LogP contribution in [0, 0.1) is 5.92 Å². The summed E-state index contributed by atoms with van der Waals surface area (Å²) in [6.45, 7) is 1.22. The first-order chi connectivity index (χ1) is 11.4. The van der Waals surface area contributed by atoms with Gasteiger partial charge in [-0.05, 0) is 18.1 Å². The summed E-state index contributed by atoms with van der Waals surface area (Å²) in [5.74, 6) is 0.0357. The first-order valence-corrected chi connectivity index (χ1v) is 8.11. The molecule has 2 aromatic rings. The molecule has 8 heteroatoms. The average Bonchev–Trinajstić information content (AvgIpc) is 2.92. The van der Waals surface area contributed by atoms with E-state index in [1.807, 2.05) is 0 Å². The van der Waals surface area contributed by atoms with Gasteiger partial charge in [-0.15, -0.1) is 10.2 Å². The molecule has 1 amide bonds. The van der Waals surface area contributed by atoms with Gasteiger partial charge < -0.3 is 4.74 Å². The zero-order chi connectivity index (χ0) is 17.5. The van der Waals surface area contributed by atoms with Crippen LogP contribution < -0.4 is 10.1 Å². The number of ether oxygens (including phenoxy) is 1. The fourth-order valence-electron chi connectivity index (χ4n) is 1.87. The summed E-state index contributed by atoms with van der Waals surface area (Å²) >= 11 is 1.31. The van der Waals surface area contributed by atoms with Crippen molar-refractivity contribution in [2.45, 2.75) is 26.9 Å². The molecule has 1 heterocycles. The lowest BCUT2D eigenvalue weighted by Gasteiger charge is -2.07. The van der Waals surface area contributed by atoms with Gasteiger partial charge in [0, 0.05) is 18.1 Å². The topological polar surface area (TPSA) is 64.1 Å². The molecule has 128 valence electrons. The molecule has 2 rings (SSSR count). The third-order valence-electron chi connectivity index (χ3n) is 2.83. The minimum atomic E-state index is -2.92. The molecule has 1 aromatic carbocycles. The number of carbonyl (C=O) groups is 1. The molecular weight excluding hydrogens is 336 g/mol. The van der Waals surface area contributed by atoms with Gasteiger partial charge in [0.05, 0.1) is 0 Å². The Kier molecular flexibility index (Phi) is 6.36. The van der Waals surface area contributed by atoms with Crippen molar-refractivity contribution in [3.63, 3.8) is 0 Å². The number of halogens is 2. The van der Waals surface area contributed by atoms with Gasteiger partial charge in [-0.1, -0.05) is 43.4 Å². The lowest BCUT2D eigenvalue weighted by atomic mass is 10.1. The Labute approximate surface area is 142 Å². The molecule has 0 aliphatic carbocycles. The van der Waals surface area contributed by atoms with E-state index in [1.54, 1.807) is 18.2 Å². The number of rotatable bonds is 7. The molecular formula is C16H17F2N3O2S. The van der Waals surface area contributed by atoms with E-state index in [2.05, 4.69) is 34.1 Å². The number of hydrogen-bond donors (Lipinski definition) is 1. The zero-order valence-electron chi connectivity index (χ0n) is 13.2. The van der Waals surface area contributed by atoms with E-state index in [-0.39, 0.29) is 5.75 Å². The van der Waals surface area contributed by atoms with Crippen molar-refractivity contribution in [2.24, 2.45) is 5.92 Å². The molecule has 0 unspecified atom stereocenters. The number of hydrogen-bond acceptors (Lipinski definition) is 5. The molecule has 0 bridgehead atoms. The number of benzene rings is 1. The highest BCUT2D eigenvalue weighted by atomic mass is 32.1. The van der Waals surface area contributed by atoms with E-state index in [0.29, 0.717) is 16.6 Å². The van der Waals surface area contributed by atoms with Crippen molar-refractivity contribution in [1.29, 1.82) is 0 Å². The van der Waals surface area contributed by atoms with E-state index in [9.17, 15) is 13.6 Å². The molecule has 0 saturated heterocycles. The Balaban J connectivity index is 1.99. The summed E-state index contributed by atoms with van der Waals surface area (Å²) in [6, 6.07) is 6.23. The smallest absolute Gasteiger partial charge is 0.387 e. The van der Waals surface area contributed by atoms with Crippen molar-refractivity contribution >= 4 is 28.5 Å². The molecule has 0 aliphatic rings. The third kappa shape index (κ3) is 5.69. The van der Waals surface area contributed by atoms with Gasteiger partial charge in [0.1, 0.15) is 10.8 Å². The number of para-hydroxylation sites is 1. The van der Waals surface area contributed by atoms with Crippen LogP contribution in [0.2, 0.25) is 0 Å². The highest BCUT2D eigenvalue weighted by molar-refractivity contribution is 7.15. The Morgan fingerprint density at radius 3 is 2.79 bits per heavy atom. The van der Waals surface area contributed by atoms with Gasteiger partial charge in [-0.2, -0.15) is 8.78 Å². The molecule has 24 heavy (non-hydrogen) atoms. The first kappa shape index (κ1) is 18.0. The van der Waals surface area contributed by atoms with Gasteiger partial charge in [-0.3, -0.25) is 10.1 Å². The molecule has 0 aliphatic heterocycles. The molecule has 0 spiro atoms. The Bertz CT molecular complexity index is 717. The van der Waals surface area contributed by atoms with Crippen LogP contribution in [-0.4, -0.2) is 22.7 Å². The summed E-state index contributed by atoms with van der Waals surface area (Å²) < 4.78 is 29.1. The Morgan fingerprint density at radius 1 is 1.33 bits per heavy atom. The second-order valence-electron chi connectivity index (χ2n) is 5.34. The van der Waals surface area contributed by atoms with Crippen molar-refractivity contribution < 1.29 is 18.3 Å². The van der Waals surface area contributed by atoms with E-state index < -0.39 is 12.5 Å². The highest BCUT2D eigenvalue weighted by Crippen LogP contribution is 2.22. The second kappa shape index (κ2) is 8.49. The van der Waals surface area contributed by atoms with Crippen LogP contribution in [0.5, 0.6) is 5.75 Å². The van der Waals surface area contributed by atoms with E-state index >= 15 is 0 Å². The van der Waals surface area contributed by atoms with Gasteiger partial charge in [0.15, 0.2) is 0 Å². The maximum absolute atomic E-state index is 12.3. The summed E-state index contributed by atoms with van der Waals surface area (Å²) in [5.41, 5.74) is 0.380. The third-order valence-corrected chi connectivity index (χ3v) is 3.69. The predicted octanol–water partition coefficient (Wildman–Crippen LogP) is 3.99. The Morgan fingerprint density at radius 2 is 2.08 bits per heavy atom. The van der Waals surface area contributed by atoms with Crippen molar-refractivity contribution in [3.8, 4) is 5.75 Å². The minimum absolute atomic E-state index is 0.00619. The van der Waals surface area contributed by atoms with Crippen LogP contribution in [-0.2, 0) is 11.2 Å². The van der Waals surface area contributed by atoms with E-state index in [1.165, 1.54) is 29.6 Å². The number of aromatic nitrogens is 2. The number of nitrogens with one attached hydrogen (secondary N) is 1. The van der Waals surface area contributed by atoms with Crippen molar-refractivity contribution in [2.75, 3.05) is 5.32 Å². The fraction of sp³-hybridized carbons (Fsp3) is 0.312. The number of amides is 1. The molecule has 5 nitrogen and oxygen atoms in total. The summed E-state index contributed by atoms with van der Waals surface area (Å²) in [7, 11) is 0. The van der Waals surface area contributed by atoms with Crippen molar-refractivity contribution in [1.82, 2.24) is 10.2 Å². The maximum Gasteiger partial charge on any atom is 0.387 e. The monoisotopic (exact) mass is 353 g/mol. The molecule has 0 fully saturated rings. The molecule has 0 atom stereocenters. The summed E-state index contributed by atoms with van der Waals surface area (Å²) in [6.07, 6.45) is 3.43. The minimum Gasteiger partial charge on any atom is -0.434 e. The summed E-state index contributed by atoms with van der Waals surface area (Å²) in [5, 5.41) is 11.7. The van der Waals surface area contributed by atoms with Crippen LogP contribution in [0.25, 0.3) is 6.08 Å². The average molecular weight is 353 g/mol. The lowest BCUT2D eigenvalue weighted by Crippen LogP contribution is -2.07. The summed E-state index contributed by atoms with van der Waals surface area (Å²) in [4.78, 5) is 11.9. The fourth-order valence-corrected chi connectivity index (χ4v) is 2.82. The van der Waals surface area contributed by atoms with Crippen LogP contribution in [0.3, 0.4) is 0 Å². The van der Waals surface area contributed by atoms with Gasteiger partial charge >= 0.3 is 6.61 Å². The van der Waals surface area contributed by atoms with Crippen LogP contribution in [0.1, 0.15) is 24.4 Å². The van der Waals surface area contributed by atoms with Crippen LogP contribution in [0.4, 0.5) is 13.9 Å². The lowest BCUT2D eigenvalue weighted by molar-refractivity contribution is -0.111. The number of nitrogens with zero attached hydrogens (tertiary/aromatic N) is 2. The highest BCUT2D eigenvalue weighted by Gasteiger charge is 2.09. The van der Waals surface area contributed by atoms with Crippen molar-refractivity contribution in [3.05, 3.63) is 40.9 Å². The second-order valence-corrected chi connectivity index (χ2v) is 6.40. The predicted molar refractivity (Wildman–Crippen MR) is 89.2 cm³/mol. The van der Waals surface area contributed by atoms with E-state index in [4.69, 9.17) is 0 Å². The number of anilines is 1. The number of alkyl halides is 2. The van der Waals surface area contributed by atoms with Crippen LogP contribution in [0.15, 0.2) is 30.3 Å². The SMILES string of the molecule is CC(C)Cc1nnc(NC(=O)/C=C/c2ccccc2OC(F)F)s1.